The Labute approximate surface area is 131 Å². The van der Waals surface area contributed by atoms with E-state index in [0.29, 0.717) is 26.4 Å². The predicted molar refractivity (Wildman–Crippen MR) is 88.7 cm³/mol. The van der Waals surface area contributed by atoms with Crippen molar-refractivity contribution < 1.29 is 14.6 Å². The third kappa shape index (κ3) is 14.5. The maximum absolute atomic E-state index is 9.82. The fraction of sp³-hybridized carbons (Fsp3) is 1.00. The van der Waals surface area contributed by atoms with Gasteiger partial charge in [-0.05, 0) is 25.3 Å². The zero-order chi connectivity index (χ0) is 15.8. The molecule has 21 heavy (non-hydrogen) atoms. The number of unbranched alkanes of at least 4 members (excludes halogenated alkanes) is 2. The maximum atomic E-state index is 9.82. The summed E-state index contributed by atoms with van der Waals surface area (Å²) >= 11 is 0. The van der Waals surface area contributed by atoms with Crippen LogP contribution in [0.15, 0.2) is 0 Å². The van der Waals surface area contributed by atoms with Crippen LogP contribution in [0.5, 0.6) is 0 Å². The minimum Gasteiger partial charge on any atom is -0.389 e. The molecule has 4 heteroatoms. The topological polar surface area (TPSA) is 50.7 Å². The van der Waals surface area contributed by atoms with E-state index in [1.807, 2.05) is 0 Å². The number of nitrogens with one attached hydrogen (secondary N) is 1. The standard InChI is InChI=1S/C17H37NO3/c1-4-7-9-16(6-3)13-18-14-17(19)15-21-12-11-20-10-8-5-2/h16-19H,4-15H2,1-3H3. The van der Waals surface area contributed by atoms with Crippen LogP contribution in [-0.2, 0) is 9.47 Å². The van der Waals surface area contributed by atoms with Gasteiger partial charge in [0.15, 0.2) is 0 Å². The van der Waals surface area contributed by atoms with Crippen LogP contribution >= 0.6 is 0 Å². The Morgan fingerprint density at radius 1 is 0.905 bits per heavy atom. The minimum absolute atomic E-state index is 0.385. The summed E-state index contributed by atoms with van der Waals surface area (Å²) in [5, 5.41) is 13.2. The summed E-state index contributed by atoms with van der Waals surface area (Å²) in [5.74, 6) is 0.727. The molecule has 0 aliphatic carbocycles. The molecule has 0 radical (unpaired) electrons. The molecule has 0 spiro atoms. The molecule has 2 atom stereocenters. The first-order chi connectivity index (χ1) is 10.2. The average molecular weight is 303 g/mol. The fourth-order valence-corrected chi connectivity index (χ4v) is 2.14. The zero-order valence-electron chi connectivity index (χ0n) is 14.4. The van der Waals surface area contributed by atoms with E-state index in [0.717, 1.165) is 31.9 Å². The molecule has 0 aliphatic rings. The lowest BCUT2D eigenvalue weighted by molar-refractivity contribution is 0.00370. The first kappa shape index (κ1) is 20.8. The lowest BCUT2D eigenvalue weighted by Crippen LogP contribution is -2.33. The second kappa shape index (κ2) is 16.2. The van der Waals surface area contributed by atoms with Crippen LogP contribution in [0.4, 0.5) is 0 Å². The largest absolute Gasteiger partial charge is 0.389 e. The highest BCUT2D eigenvalue weighted by Crippen LogP contribution is 2.10. The number of ether oxygens (including phenoxy) is 2. The SMILES string of the molecule is CCCCOCCOCC(O)CNCC(CC)CCCC. The van der Waals surface area contributed by atoms with Gasteiger partial charge in [-0.1, -0.05) is 46.5 Å². The first-order valence-corrected chi connectivity index (χ1v) is 8.78. The summed E-state index contributed by atoms with van der Waals surface area (Å²) in [6, 6.07) is 0. The Bertz CT molecular complexity index is 202. The van der Waals surface area contributed by atoms with Crippen LogP contribution in [0.3, 0.4) is 0 Å². The lowest BCUT2D eigenvalue weighted by atomic mass is 9.99. The van der Waals surface area contributed by atoms with Gasteiger partial charge in [0.05, 0.1) is 25.9 Å². The molecule has 0 amide bonds. The van der Waals surface area contributed by atoms with Gasteiger partial charge in [-0.2, -0.15) is 0 Å². The van der Waals surface area contributed by atoms with E-state index in [2.05, 4.69) is 26.1 Å². The Kier molecular flexibility index (Phi) is 16.1. The average Bonchev–Trinajstić information content (AvgIpc) is 2.49. The van der Waals surface area contributed by atoms with Gasteiger partial charge >= 0.3 is 0 Å². The van der Waals surface area contributed by atoms with Gasteiger partial charge in [0.1, 0.15) is 0 Å². The normalized spacial score (nSPS) is 14.3. The molecule has 0 rings (SSSR count). The fourth-order valence-electron chi connectivity index (χ4n) is 2.14. The molecule has 2 N–H and O–H groups in total. The molecule has 0 saturated carbocycles. The monoisotopic (exact) mass is 303 g/mol. The molecule has 2 unspecified atom stereocenters. The van der Waals surface area contributed by atoms with Gasteiger partial charge in [0, 0.05) is 13.2 Å². The van der Waals surface area contributed by atoms with E-state index < -0.39 is 6.10 Å². The van der Waals surface area contributed by atoms with Crippen LogP contribution in [-0.4, -0.2) is 50.7 Å². The number of hydrogen-bond acceptors (Lipinski definition) is 4. The minimum atomic E-state index is -0.427. The third-order valence-corrected chi connectivity index (χ3v) is 3.68. The summed E-state index contributed by atoms with van der Waals surface area (Å²) in [7, 11) is 0. The Morgan fingerprint density at radius 2 is 1.62 bits per heavy atom. The van der Waals surface area contributed by atoms with Crippen LogP contribution in [0.2, 0.25) is 0 Å². The van der Waals surface area contributed by atoms with Crippen molar-refractivity contribution >= 4 is 0 Å². The van der Waals surface area contributed by atoms with E-state index in [1.54, 1.807) is 0 Å². The van der Waals surface area contributed by atoms with Gasteiger partial charge in [-0.15, -0.1) is 0 Å². The van der Waals surface area contributed by atoms with Crippen molar-refractivity contribution in [3.63, 3.8) is 0 Å². The second-order valence-electron chi connectivity index (χ2n) is 5.77. The number of aliphatic hydroxyl groups is 1. The van der Waals surface area contributed by atoms with Crippen molar-refractivity contribution in [2.75, 3.05) is 39.5 Å². The second-order valence-corrected chi connectivity index (χ2v) is 5.77. The summed E-state index contributed by atoms with van der Waals surface area (Å²) in [6.07, 6.45) is 6.86. The van der Waals surface area contributed by atoms with Gasteiger partial charge in [-0.3, -0.25) is 0 Å². The van der Waals surface area contributed by atoms with Crippen molar-refractivity contribution in [2.45, 2.75) is 65.4 Å². The van der Waals surface area contributed by atoms with Crippen molar-refractivity contribution in [1.29, 1.82) is 0 Å². The third-order valence-electron chi connectivity index (χ3n) is 3.68. The number of hydrogen-bond donors (Lipinski definition) is 2. The van der Waals surface area contributed by atoms with Crippen molar-refractivity contribution in [1.82, 2.24) is 5.32 Å². The van der Waals surface area contributed by atoms with E-state index in [1.165, 1.54) is 25.7 Å². The number of aliphatic hydroxyl groups excluding tert-OH is 1. The highest BCUT2D eigenvalue weighted by atomic mass is 16.5. The predicted octanol–water partition coefficient (Wildman–Crippen LogP) is 2.99. The smallest absolute Gasteiger partial charge is 0.0897 e. The highest BCUT2D eigenvalue weighted by Gasteiger charge is 2.08. The molecule has 0 aromatic heterocycles. The molecular weight excluding hydrogens is 266 g/mol. The van der Waals surface area contributed by atoms with E-state index in [4.69, 9.17) is 9.47 Å². The molecule has 0 saturated heterocycles. The Hall–Kier alpha value is -0.160. The van der Waals surface area contributed by atoms with Crippen LogP contribution in [0.25, 0.3) is 0 Å². The number of rotatable bonds is 16. The van der Waals surface area contributed by atoms with Crippen LogP contribution in [0.1, 0.15) is 59.3 Å². The lowest BCUT2D eigenvalue weighted by Gasteiger charge is -2.17. The Balaban J connectivity index is 3.38. The molecule has 0 heterocycles. The van der Waals surface area contributed by atoms with Crippen LogP contribution in [0, 0.1) is 5.92 Å². The molecular formula is C17H37NO3. The molecule has 0 bridgehead atoms. The molecule has 0 aliphatic heterocycles. The Morgan fingerprint density at radius 3 is 2.29 bits per heavy atom. The quantitative estimate of drug-likeness (QED) is 0.430. The summed E-state index contributed by atoms with van der Waals surface area (Å²) < 4.78 is 10.8. The van der Waals surface area contributed by atoms with Gasteiger partial charge < -0.3 is 19.9 Å². The molecule has 0 fully saturated rings. The highest BCUT2D eigenvalue weighted by molar-refractivity contribution is 4.64. The van der Waals surface area contributed by atoms with Crippen molar-refractivity contribution in [3.05, 3.63) is 0 Å². The van der Waals surface area contributed by atoms with Crippen LogP contribution < -0.4 is 5.32 Å². The maximum Gasteiger partial charge on any atom is 0.0897 e. The first-order valence-electron chi connectivity index (χ1n) is 8.78. The van der Waals surface area contributed by atoms with E-state index in [9.17, 15) is 5.11 Å². The molecule has 128 valence electrons. The zero-order valence-corrected chi connectivity index (χ0v) is 14.4. The molecule has 0 aromatic rings. The van der Waals surface area contributed by atoms with Gasteiger partial charge in [0.2, 0.25) is 0 Å². The van der Waals surface area contributed by atoms with Crippen molar-refractivity contribution in [3.8, 4) is 0 Å². The summed E-state index contributed by atoms with van der Waals surface area (Å²) in [6.45, 7) is 10.6. The van der Waals surface area contributed by atoms with Gasteiger partial charge in [0.25, 0.3) is 0 Å². The molecule has 0 aromatic carbocycles. The van der Waals surface area contributed by atoms with Crippen molar-refractivity contribution in [2.24, 2.45) is 5.92 Å². The molecule has 4 nitrogen and oxygen atoms in total. The van der Waals surface area contributed by atoms with Gasteiger partial charge in [-0.25, -0.2) is 0 Å². The van der Waals surface area contributed by atoms with E-state index >= 15 is 0 Å². The summed E-state index contributed by atoms with van der Waals surface area (Å²) in [4.78, 5) is 0. The van der Waals surface area contributed by atoms with E-state index in [-0.39, 0.29) is 0 Å². The summed E-state index contributed by atoms with van der Waals surface area (Å²) in [5.41, 5.74) is 0.